The van der Waals surface area contributed by atoms with Gasteiger partial charge in [-0.25, -0.2) is 4.79 Å². The molecule has 23 N–H and O–H groups in total. The maximum atomic E-state index is 16.5. The first-order valence-electron chi connectivity index (χ1n) is 48.3. The SMILES string of the molecule is CC[C@@H](C)[C@@H](C[C@H](O)CC(=O)O[C@H]1[C@@H](O)[C@@H](C)O[C@@H](OC(=O)[C@]23CCC(C)(C)C[C@H]2C2=CC[C@@H]4[C@@]5(C)CC[C@H](O[C@@H]6O[C@H](C(=O)O)[C@@H](O)[C@H](O[C@@H]7OC[C@@H](O)[C@H](O)[C@H]7O)[C@H]6O[C@@H]6O[C@H](CO)[C@H](O)[C@H](O)[C@H]6O)[C@@](C)(C=O)[C@@H]5CC[C@@]4(C)[C@]2(C)C[C@H]3O)[C@@H]1O[C@@H]1O[C@@H](C)[C@H](O[C@@H]2OC[C@@H](O)[C@H](O[C@@H]3OC[C@](O)(CO)[C@H]3O)[C@H]2O)[C@@H](O)[C@H]1O)OC(=O)C[C@@H](O)C[C@H](O[C@@H]1O[C@@H](CO)[C@H](O)[C@H]1O)[C@@H](C)CC. The van der Waals surface area contributed by atoms with E-state index in [1.165, 1.54) is 13.8 Å². The van der Waals surface area contributed by atoms with Gasteiger partial charge in [0.25, 0.3) is 0 Å². The summed E-state index contributed by atoms with van der Waals surface area (Å²) in [5.41, 5.74) is -7.79. The largest absolute Gasteiger partial charge is 0.479 e. The number of carboxylic acids is 1. The van der Waals surface area contributed by atoms with Crippen molar-refractivity contribution in [3.05, 3.63) is 11.6 Å². The van der Waals surface area contributed by atoms with Crippen LogP contribution in [0.5, 0.6) is 0 Å². The number of aliphatic hydroxyl groups is 22. The number of aliphatic carboxylic acids is 1. The van der Waals surface area contributed by atoms with E-state index in [-0.39, 0.29) is 43.9 Å². The molecule has 8 aliphatic heterocycles. The number of esters is 3. The smallest absolute Gasteiger partial charge is 0.335 e. The van der Waals surface area contributed by atoms with E-state index in [9.17, 15) is 137 Å². The van der Waals surface area contributed by atoms with Crippen molar-refractivity contribution in [3.8, 4) is 0 Å². The molecule has 46 heteroatoms. The Kier molecular flexibility index (Phi) is 35.5. The number of carbonyl (C=O) groups excluding carboxylic acids is 4. The maximum Gasteiger partial charge on any atom is 0.335 e. The summed E-state index contributed by atoms with van der Waals surface area (Å²) in [5.74, 6) is -7.44. The van der Waals surface area contributed by atoms with E-state index in [0.29, 0.717) is 44.9 Å². The van der Waals surface area contributed by atoms with Crippen LogP contribution in [0.2, 0.25) is 0 Å². The van der Waals surface area contributed by atoms with Gasteiger partial charge in [-0.2, -0.15) is 0 Å². The number of aliphatic hydroxyl groups excluding tert-OH is 21. The molecule has 0 aromatic heterocycles. The fraction of sp³-hybridized carbons (Fsp3) is 0.924. The van der Waals surface area contributed by atoms with E-state index < -0.39 is 384 Å². The molecule has 0 amide bonds. The van der Waals surface area contributed by atoms with Crippen LogP contribution in [0.25, 0.3) is 0 Å². The first-order chi connectivity index (χ1) is 64.8. The van der Waals surface area contributed by atoms with Crippen LogP contribution in [0.15, 0.2) is 11.6 Å². The molecule has 0 unspecified atom stereocenters. The minimum Gasteiger partial charge on any atom is -0.479 e. The van der Waals surface area contributed by atoms with Gasteiger partial charge in [0.1, 0.15) is 152 Å². The van der Waals surface area contributed by atoms with Crippen LogP contribution in [-0.4, -0.2) is 439 Å². The highest BCUT2D eigenvalue weighted by Crippen LogP contribution is 2.76. The summed E-state index contributed by atoms with van der Waals surface area (Å²) in [6, 6.07) is 0. The molecule has 13 rings (SSSR count). The molecule has 138 heavy (non-hydrogen) atoms. The van der Waals surface area contributed by atoms with E-state index in [2.05, 4.69) is 19.9 Å². The standard InChI is InChI=1S/C92H148O46/c1-13-36(3)46(126-54(102)25-41(98)24-47(37(4)14-2)127-80-63(111)59(107)49(30-94)128-80)23-40(97)26-55(103)131-70-56(104)38(5)124-82(73(70)136-79-65(113)61(109)68(39(6)125-79)132-78-67(115)69(45(100)32-122-78)133-84-75(116)91(120,34-96)35-123-84)138-85(119)92-22-21-86(7,8)27-43(92)42-15-16-51-87(9)19-18-53(88(10,33-95)50(87)17-20-89(51,11)90(42,12)28-52(92)101)130-83-74(137-81-64(112)60(108)58(106)48(29-93)129-81)71(66(114)72(135-83)76(117)118)134-77-62(110)57(105)44(99)31-121-77/h15,33,36-41,43-53,56-75,77-84,93-94,96-101,104-116,120H,13-14,16-32,34-35H2,1-12H3,(H,117,118)/t36-,37+,38-,39+,40+,41+,43+,44-,45-,46-,47+,48-,49+,50-,51-,52-,53+,56+,57+,58+,59+,60+,61+,62-,63-,64-,65-,66+,67-,68+,69+,70+,71+,72+,73-,74-,75+,77+,78+,79+,80-,81+,82+,83-,84+,87+,88+,89-,90-,91-,92-/m1/s1. The summed E-state index contributed by atoms with van der Waals surface area (Å²) >= 11 is 0. The maximum absolute atomic E-state index is 16.5. The molecule has 8 heterocycles. The first kappa shape index (κ1) is 111. The molecule has 51 atom stereocenters. The van der Waals surface area contributed by atoms with Gasteiger partial charge < -0.3 is 208 Å². The third kappa shape index (κ3) is 21.4. The van der Waals surface area contributed by atoms with Gasteiger partial charge in [0, 0.05) is 12.8 Å². The number of fused-ring (bicyclic) bond motifs is 7. The van der Waals surface area contributed by atoms with Crippen molar-refractivity contribution < 1.29 is 227 Å². The lowest BCUT2D eigenvalue weighted by Crippen LogP contribution is -2.69. The molecule has 0 aromatic rings. The zero-order chi connectivity index (χ0) is 101. The van der Waals surface area contributed by atoms with Crippen LogP contribution in [0, 0.1) is 62.1 Å². The Morgan fingerprint density at radius 3 is 1.68 bits per heavy atom. The Morgan fingerprint density at radius 2 is 1.06 bits per heavy atom. The van der Waals surface area contributed by atoms with Gasteiger partial charge in [-0.05, 0) is 123 Å². The highest BCUT2D eigenvalue weighted by atomic mass is 16.8. The van der Waals surface area contributed by atoms with Crippen LogP contribution in [-0.2, 0) is 109 Å². The third-order valence-electron chi connectivity index (χ3n) is 33.3. The summed E-state index contributed by atoms with van der Waals surface area (Å²) in [4.78, 5) is 72.7. The molecule has 46 nitrogen and oxygen atoms in total. The number of carboxylic acid groups (broad SMARTS) is 1. The highest BCUT2D eigenvalue weighted by Gasteiger charge is 2.74. The predicted molar refractivity (Wildman–Crippen MR) is 458 cm³/mol. The minimum absolute atomic E-state index is 0.00157. The van der Waals surface area contributed by atoms with E-state index in [1.54, 1.807) is 27.7 Å². The zero-order valence-electron chi connectivity index (χ0n) is 79.7. The molecule has 5 aliphatic carbocycles. The van der Waals surface area contributed by atoms with Gasteiger partial charge in [0.05, 0.1) is 101 Å². The van der Waals surface area contributed by atoms with E-state index in [0.717, 1.165) is 11.9 Å². The Labute approximate surface area is 797 Å². The van der Waals surface area contributed by atoms with Crippen LogP contribution < -0.4 is 0 Å². The number of hydrogen-bond acceptors (Lipinski definition) is 45. The Balaban J connectivity index is 0.763. The van der Waals surface area contributed by atoms with Crippen LogP contribution in [0.3, 0.4) is 0 Å². The number of ether oxygens (including phenoxy) is 18. The molecule has 4 saturated carbocycles. The van der Waals surface area contributed by atoms with E-state index in [4.69, 9.17) is 85.3 Å². The first-order valence-corrected chi connectivity index (χ1v) is 48.3. The van der Waals surface area contributed by atoms with Gasteiger partial charge in [-0.15, -0.1) is 0 Å². The molecule has 0 spiro atoms. The Morgan fingerprint density at radius 1 is 0.507 bits per heavy atom. The second kappa shape index (κ2) is 44.1. The molecule has 0 aromatic carbocycles. The van der Waals surface area contributed by atoms with Crippen molar-refractivity contribution in [1.82, 2.24) is 0 Å². The third-order valence-corrected chi connectivity index (χ3v) is 33.3. The fourth-order valence-corrected chi connectivity index (χ4v) is 24.1. The molecule has 0 bridgehead atoms. The number of carbonyl (C=O) groups is 5. The lowest BCUT2D eigenvalue weighted by atomic mass is 9.33. The highest BCUT2D eigenvalue weighted by molar-refractivity contribution is 5.80. The predicted octanol–water partition coefficient (Wildman–Crippen LogP) is -5.69. The summed E-state index contributed by atoms with van der Waals surface area (Å²) in [6.45, 7) is 17.5. The monoisotopic (exact) mass is 1990 g/mol. The second-order valence-electron chi connectivity index (χ2n) is 42.6. The minimum atomic E-state index is -2.27. The second-order valence-corrected chi connectivity index (χ2v) is 42.6. The molecule has 792 valence electrons. The lowest BCUT2D eigenvalue weighted by molar-refractivity contribution is -0.391. The van der Waals surface area contributed by atoms with Gasteiger partial charge >= 0.3 is 23.9 Å². The zero-order valence-corrected chi connectivity index (χ0v) is 79.7. The number of allylic oxidation sites excluding steroid dienone is 2. The molecule has 0 radical (unpaired) electrons. The van der Waals surface area contributed by atoms with Gasteiger partial charge in [0.2, 0.25) is 6.29 Å². The normalized spacial score (nSPS) is 48.7. The average Bonchev–Trinajstić information content (AvgIpc) is 0.696. The van der Waals surface area contributed by atoms with Crippen molar-refractivity contribution in [3.63, 3.8) is 0 Å². The molecule has 13 aliphatic rings. The number of rotatable bonds is 35. The van der Waals surface area contributed by atoms with Crippen molar-refractivity contribution in [2.24, 2.45) is 62.1 Å². The quantitative estimate of drug-likeness (QED) is 0.00924. The average molecular weight is 1990 g/mol. The molecule has 8 saturated heterocycles. The summed E-state index contributed by atoms with van der Waals surface area (Å²) in [7, 11) is 0. The van der Waals surface area contributed by atoms with Gasteiger partial charge in [-0.3, -0.25) is 14.4 Å². The molecule has 12 fully saturated rings. The van der Waals surface area contributed by atoms with E-state index >= 15 is 4.79 Å². The molecular weight excluding hydrogens is 1840 g/mol. The summed E-state index contributed by atoms with van der Waals surface area (Å²) < 4.78 is 109. The molecular formula is C92H148O46. The van der Waals surface area contributed by atoms with Crippen LogP contribution in [0.1, 0.15) is 179 Å². The van der Waals surface area contributed by atoms with Crippen LogP contribution >= 0.6 is 0 Å². The summed E-state index contributed by atoms with van der Waals surface area (Å²) in [6.07, 6.45) is -67.2. The van der Waals surface area contributed by atoms with Gasteiger partial charge in [0.15, 0.2) is 62.3 Å². The van der Waals surface area contributed by atoms with Crippen molar-refractivity contribution in [2.45, 2.75) is 431 Å². The van der Waals surface area contributed by atoms with Gasteiger partial charge in [-0.1, -0.05) is 93.7 Å². The fourth-order valence-electron chi connectivity index (χ4n) is 24.1. The van der Waals surface area contributed by atoms with Crippen molar-refractivity contribution in [1.29, 1.82) is 0 Å². The topological polar surface area (TPSA) is 717 Å². The Bertz CT molecular complexity index is 4100. The van der Waals surface area contributed by atoms with Crippen LogP contribution in [0.4, 0.5) is 0 Å². The summed E-state index contributed by atoms with van der Waals surface area (Å²) in [5, 5.41) is 256. The lowest BCUT2D eigenvalue weighted by Gasteiger charge is -2.71. The number of aldehydes is 1. The van der Waals surface area contributed by atoms with Crippen molar-refractivity contribution >= 4 is 30.2 Å². The Hall–Kier alpha value is -4.19. The van der Waals surface area contributed by atoms with Crippen molar-refractivity contribution in [2.75, 3.05) is 39.6 Å². The number of hydrogen-bond donors (Lipinski definition) is 23. The van der Waals surface area contributed by atoms with E-state index in [1.807, 2.05) is 27.7 Å².